The Balaban J connectivity index is 2.35. The zero-order valence-electron chi connectivity index (χ0n) is 12.2. The number of hydrogen-bond acceptors (Lipinski definition) is 4. The van der Waals surface area contributed by atoms with Crippen LogP contribution in [0, 0.1) is 0 Å². The summed E-state index contributed by atoms with van der Waals surface area (Å²) in [6.45, 7) is 3.48. The van der Waals surface area contributed by atoms with Crippen LogP contribution >= 0.6 is 11.3 Å². The van der Waals surface area contributed by atoms with Gasteiger partial charge in [0.15, 0.2) is 0 Å². The van der Waals surface area contributed by atoms with Crippen molar-refractivity contribution in [2.24, 2.45) is 0 Å². The number of sulfonamides is 1. The Morgan fingerprint density at radius 1 is 1.19 bits per heavy atom. The molecular weight excluding hydrogens is 306 g/mol. The normalized spacial score (nSPS) is 15.1. The number of thiophene rings is 1. The van der Waals surface area contributed by atoms with E-state index < -0.39 is 16.1 Å². The highest BCUT2D eigenvalue weighted by Gasteiger charge is 2.27. The molecule has 1 aromatic carbocycles. The third-order valence-corrected chi connectivity index (χ3v) is 6.48. The zero-order chi connectivity index (χ0) is 15.6. The van der Waals surface area contributed by atoms with Crippen LogP contribution in [0.3, 0.4) is 0 Å². The van der Waals surface area contributed by atoms with Gasteiger partial charge in [0.25, 0.3) is 0 Å². The summed E-state index contributed by atoms with van der Waals surface area (Å²) in [6, 6.07) is 10.0. The van der Waals surface area contributed by atoms with E-state index >= 15 is 0 Å². The second-order valence-corrected chi connectivity index (χ2v) is 7.94. The van der Waals surface area contributed by atoms with Gasteiger partial charge in [0.1, 0.15) is 0 Å². The third-order valence-electron chi connectivity index (χ3n) is 3.52. The average Bonchev–Trinajstić information content (AvgIpc) is 3.00. The standard InChI is InChI=1S/C15H19NO3S2/c1-11(15-8-5-9-20-15)16(3)21(18,19)14-7-4-6-13(10-14)12(2)17/h4-12,17H,1-3H3. The van der Waals surface area contributed by atoms with Gasteiger partial charge in [-0.15, -0.1) is 11.3 Å². The van der Waals surface area contributed by atoms with Crippen LogP contribution in [0.25, 0.3) is 0 Å². The fraction of sp³-hybridized carbons (Fsp3) is 0.333. The highest BCUT2D eigenvalue weighted by molar-refractivity contribution is 7.89. The zero-order valence-corrected chi connectivity index (χ0v) is 13.9. The van der Waals surface area contributed by atoms with Crippen molar-refractivity contribution < 1.29 is 13.5 Å². The molecule has 0 aliphatic heterocycles. The first-order valence-electron chi connectivity index (χ1n) is 6.63. The molecule has 0 fully saturated rings. The van der Waals surface area contributed by atoms with Crippen molar-refractivity contribution in [2.45, 2.75) is 30.9 Å². The maximum atomic E-state index is 12.7. The molecule has 1 heterocycles. The summed E-state index contributed by atoms with van der Waals surface area (Å²) in [4.78, 5) is 1.19. The fourth-order valence-electron chi connectivity index (χ4n) is 2.02. The molecule has 0 saturated carbocycles. The molecule has 2 aromatic rings. The number of benzene rings is 1. The molecule has 2 rings (SSSR count). The van der Waals surface area contributed by atoms with Crippen molar-refractivity contribution in [1.82, 2.24) is 4.31 Å². The molecule has 21 heavy (non-hydrogen) atoms. The van der Waals surface area contributed by atoms with Crippen molar-refractivity contribution in [3.8, 4) is 0 Å². The van der Waals surface area contributed by atoms with Crippen molar-refractivity contribution in [2.75, 3.05) is 7.05 Å². The van der Waals surface area contributed by atoms with Crippen molar-refractivity contribution in [3.63, 3.8) is 0 Å². The van der Waals surface area contributed by atoms with Gasteiger partial charge in [-0.3, -0.25) is 0 Å². The Morgan fingerprint density at radius 2 is 1.90 bits per heavy atom. The van der Waals surface area contributed by atoms with Gasteiger partial charge >= 0.3 is 0 Å². The van der Waals surface area contributed by atoms with Gasteiger partial charge in [-0.25, -0.2) is 8.42 Å². The molecule has 114 valence electrons. The molecule has 1 N–H and O–H groups in total. The molecule has 1 aromatic heterocycles. The van der Waals surface area contributed by atoms with Crippen LogP contribution in [0.5, 0.6) is 0 Å². The Kier molecular flexibility index (Phi) is 4.83. The molecule has 0 aliphatic carbocycles. The number of aliphatic hydroxyl groups is 1. The highest BCUT2D eigenvalue weighted by Crippen LogP contribution is 2.29. The van der Waals surface area contributed by atoms with Crippen molar-refractivity contribution >= 4 is 21.4 Å². The lowest BCUT2D eigenvalue weighted by Gasteiger charge is -2.23. The summed E-state index contributed by atoms with van der Waals surface area (Å²) in [7, 11) is -2.01. The maximum Gasteiger partial charge on any atom is 0.243 e. The van der Waals surface area contributed by atoms with Gasteiger partial charge in [-0.2, -0.15) is 4.31 Å². The van der Waals surface area contributed by atoms with Crippen LogP contribution in [-0.2, 0) is 10.0 Å². The lowest BCUT2D eigenvalue weighted by molar-refractivity contribution is 0.199. The molecule has 4 nitrogen and oxygen atoms in total. The topological polar surface area (TPSA) is 57.6 Å². The quantitative estimate of drug-likeness (QED) is 0.918. The highest BCUT2D eigenvalue weighted by atomic mass is 32.2. The van der Waals surface area contributed by atoms with Crippen LogP contribution in [0.2, 0.25) is 0 Å². The molecule has 6 heteroatoms. The minimum Gasteiger partial charge on any atom is -0.389 e. The number of hydrogen-bond donors (Lipinski definition) is 1. The first-order valence-corrected chi connectivity index (χ1v) is 8.95. The van der Waals surface area contributed by atoms with E-state index in [1.165, 1.54) is 21.7 Å². The average molecular weight is 325 g/mol. The first kappa shape index (κ1) is 16.2. The lowest BCUT2D eigenvalue weighted by Crippen LogP contribution is -2.29. The summed E-state index contributed by atoms with van der Waals surface area (Å²) in [5, 5.41) is 11.5. The monoisotopic (exact) mass is 325 g/mol. The third kappa shape index (κ3) is 3.35. The summed E-state index contributed by atoms with van der Waals surface area (Å²) in [6.07, 6.45) is -0.694. The largest absolute Gasteiger partial charge is 0.389 e. The van der Waals surface area contributed by atoms with Crippen LogP contribution in [0.4, 0.5) is 0 Å². The number of nitrogens with zero attached hydrogens (tertiary/aromatic N) is 1. The van der Waals surface area contributed by atoms with Crippen LogP contribution in [0.1, 0.15) is 36.4 Å². The van der Waals surface area contributed by atoms with E-state index in [2.05, 4.69) is 0 Å². The van der Waals surface area contributed by atoms with Crippen molar-refractivity contribution in [3.05, 3.63) is 52.2 Å². The molecule has 0 bridgehead atoms. The first-order chi connectivity index (χ1) is 9.84. The van der Waals surface area contributed by atoms with E-state index in [4.69, 9.17) is 0 Å². The fourth-order valence-corrected chi connectivity index (χ4v) is 4.31. The molecule has 0 radical (unpaired) electrons. The van der Waals surface area contributed by atoms with E-state index in [-0.39, 0.29) is 10.9 Å². The van der Waals surface area contributed by atoms with Gasteiger partial charge in [0.2, 0.25) is 10.0 Å². The van der Waals surface area contributed by atoms with E-state index in [1.807, 2.05) is 24.4 Å². The van der Waals surface area contributed by atoms with Gasteiger partial charge < -0.3 is 5.11 Å². The predicted molar refractivity (Wildman–Crippen MR) is 84.8 cm³/mol. The predicted octanol–water partition coefficient (Wildman–Crippen LogP) is 3.18. The molecule has 0 saturated heterocycles. The maximum absolute atomic E-state index is 12.7. The van der Waals surface area contributed by atoms with Gasteiger partial charge in [-0.1, -0.05) is 18.2 Å². The lowest BCUT2D eigenvalue weighted by atomic mass is 10.1. The SMILES string of the molecule is CC(O)c1cccc(S(=O)(=O)N(C)C(C)c2cccs2)c1. The molecule has 0 aliphatic rings. The Labute approximate surface area is 129 Å². The van der Waals surface area contributed by atoms with E-state index in [9.17, 15) is 13.5 Å². The molecule has 2 unspecified atom stereocenters. The minimum absolute atomic E-state index is 0.201. The van der Waals surface area contributed by atoms with E-state index in [0.717, 1.165) is 4.88 Å². The second-order valence-electron chi connectivity index (χ2n) is 4.96. The van der Waals surface area contributed by atoms with Gasteiger partial charge in [0.05, 0.1) is 17.0 Å². The summed E-state index contributed by atoms with van der Waals surface area (Å²) >= 11 is 1.53. The Morgan fingerprint density at radius 3 is 2.48 bits per heavy atom. The minimum atomic E-state index is -3.59. The van der Waals surface area contributed by atoms with Crippen LogP contribution < -0.4 is 0 Å². The second kappa shape index (κ2) is 6.27. The van der Waals surface area contributed by atoms with Gasteiger partial charge in [0, 0.05) is 11.9 Å². The Hall–Kier alpha value is -1.21. The van der Waals surface area contributed by atoms with Gasteiger partial charge in [-0.05, 0) is 43.0 Å². The number of rotatable bonds is 5. The molecule has 0 spiro atoms. The van der Waals surface area contributed by atoms with Crippen LogP contribution in [0.15, 0.2) is 46.7 Å². The van der Waals surface area contributed by atoms with E-state index in [1.54, 1.807) is 32.2 Å². The van der Waals surface area contributed by atoms with Crippen molar-refractivity contribution in [1.29, 1.82) is 0 Å². The summed E-state index contributed by atoms with van der Waals surface area (Å²) in [5.74, 6) is 0. The molecular formula is C15H19NO3S2. The summed E-state index contributed by atoms with van der Waals surface area (Å²) in [5.41, 5.74) is 0.591. The summed E-state index contributed by atoms with van der Waals surface area (Å²) < 4.78 is 26.7. The van der Waals surface area contributed by atoms with Crippen LogP contribution in [-0.4, -0.2) is 24.9 Å². The Bertz CT molecular complexity index is 693. The number of aliphatic hydroxyl groups excluding tert-OH is 1. The smallest absolute Gasteiger partial charge is 0.243 e. The molecule has 2 atom stereocenters. The van der Waals surface area contributed by atoms with E-state index in [0.29, 0.717) is 5.56 Å². The molecule has 0 amide bonds.